The molecule has 0 unspecified atom stereocenters. The highest BCUT2D eigenvalue weighted by Gasteiger charge is 2.46. The first kappa shape index (κ1) is 27.8. The fourth-order valence-electron chi connectivity index (χ4n) is 2.23. The van der Waals surface area contributed by atoms with Crippen LogP contribution in [-0.4, -0.2) is 37.4 Å². The van der Waals surface area contributed by atoms with Crippen LogP contribution in [0, 0.1) is 0 Å². The molecular formula is C16H20F6N4O4S2. The van der Waals surface area contributed by atoms with Crippen LogP contribution in [0.5, 0.6) is 0 Å². The average Bonchev–Trinajstić information content (AvgIpc) is 3.08. The number of unbranched alkanes of at least 4 members (excludes halogenated alkanes) is 1. The highest BCUT2D eigenvalue weighted by molar-refractivity contribution is 8.13. The molecule has 0 spiro atoms. The smallest absolute Gasteiger partial charge is 0.421 e. The summed E-state index contributed by atoms with van der Waals surface area (Å²) in [7, 11) is -13.4. The fraction of sp³-hybridized carbons (Fsp3) is 0.500. The highest BCUT2D eigenvalue weighted by Crippen LogP contribution is 2.36. The van der Waals surface area contributed by atoms with Gasteiger partial charge in [-0.25, -0.2) is 31.0 Å². The Balaban J connectivity index is 0.000000324. The molecule has 32 heavy (non-hydrogen) atoms. The van der Waals surface area contributed by atoms with E-state index in [-0.39, 0.29) is 0 Å². The van der Waals surface area contributed by atoms with Crippen molar-refractivity contribution in [3.05, 3.63) is 40.9 Å². The van der Waals surface area contributed by atoms with Crippen LogP contribution in [0.15, 0.2) is 36.8 Å². The van der Waals surface area contributed by atoms with E-state index in [0.29, 0.717) is 0 Å². The van der Waals surface area contributed by atoms with E-state index in [4.69, 9.17) is 0 Å². The number of aryl methyl sites for hydroxylation is 2. The van der Waals surface area contributed by atoms with E-state index in [2.05, 4.69) is 46.4 Å². The molecule has 0 atom stereocenters. The maximum atomic E-state index is 11.4. The summed E-state index contributed by atoms with van der Waals surface area (Å²) in [5, 5.41) is 0. The molecule has 8 nitrogen and oxygen atoms in total. The van der Waals surface area contributed by atoms with Crippen LogP contribution in [0.2, 0.25) is 0 Å². The topological polar surface area (TPSA) is 104 Å². The maximum absolute atomic E-state index is 11.4. The van der Waals surface area contributed by atoms with Crippen molar-refractivity contribution in [2.75, 3.05) is 0 Å². The number of hydrogen-bond donors (Lipinski definition) is 0. The Morgan fingerprint density at radius 1 is 1.00 bits per heavy atom. The first-order chi connectivity index (χ1) is 14.6. The number of aromatic nitrogens is 3. The van der Waals surface area contributed by atoms with E-state index in [1.165, 1.54) is 18.7 Å². The van der Waals surface area contributed by atoms with E-state index >= 15 is 0 Å². The number of rotatable bonds is 7. The van der Waals surface area contributed by atoms with Gasteiger partial charge in [0.25, 0.3) is 0 Å². The second-order valence-electron chi connectivity index (χ2n) is 6.09. The van der Waals surface area contributed by atoms with Crippen molar-refractivity contribution in [2.24, 2.45) is 0 Å². The SMILES string of the molecule is CCCC[n+]1ccn(CC)c1-c1ccccn1.O=S(=O)([N-]S(=O)(=O)C(F)(F)F)C(F)(F)F. The summed E-state index contributed by atoms with van der Waals surface area (Å²) < 4.78 is 114. The molecule has 0 bridgehead atoms. The van der Waals surface area contributed by atoms with Gasteiger partial charge in [0.05, 0.1) is 13.1 Å². The van der Waals surface area contributed by atoms with Crippen molar-refractivity contribution in [2.45, 2.75) is 50.8 Å². The third-order valence-corrected chi connectivity index (χ3v) is 6.48. The Bertz CT molecular complexity index is 1040. The van der Waals surface area contributed by atoms with Gasteiger partial charge in [0.2, 0.25) is 0 Å². The Kier molecular flexibility index (Phi) is 9.23. The van der Waals surface area contributed by atoms with Crippen LogP contribution in [0.1, 0.15) is 26.7 Å². The van der Waals surface area contributed by atoms with Gasteiger partial charge in [0.15, 0.2) is 25.7 Å². The van der Waals surface area contributed by atoms with Gasteiger partial charge in [-0.1, -0.05) is 19.4 Å². The zero-order valence-corrected chi connectivity index (χ0v) is 18.4. The molecule has 182 valence electrons. The number of nitrogens with zero attached hydrogens (tertiary/aromatic N) is 4. The van der Waals surface area contributed by atoms with Crippen molar-refractivity contribution in [1.82, 2.24) is 9.55 Å². The van der Waals surface area contributed by atoms with Gasteiger partial charge in [-0.05, 0) is 25.5 Å². The third-order valence-electron chi connectivity index (χ3n) is 3.74. The lowest BCUT2D eigenvalue weighted by molar-refractivity contribution is -0.686. The molecule has 2 heterocycles. The van der Waals surface area contributed by atoms with Crippen LogP contribution in [-0.2, 0) is 33.1 Å². The molecule has 0 N–H and O–H groups in total. The summed E-state index contributed by atoms with van der Waals surface area (Å²) in [5.41, 5.74) is -11.4. The van der Waals surface area contributed by atoms with Crippen molar-refractivity contribution < 1.29 is 47.7 Å². The molecule has 2 rings (SSSR count). The monoisotopic (exact) mass is 510 g/mol. The Labute approximate surface area is 181 Å². The zero-order chi connectivity index (χ0) is 24.8. The molecule has 0 saturated heterocycles. The number of sulfonamides is 2. The summed E-state index contributed by atoms with van der Waals surface area (Å²) in [4.78, 5) is 4.46. The molecule has 2 aromatic heterocycles. The van der Waals surface area contributed by atoms with Gasteiger partial charge in [0.1, 0.15) is 12.4 Å². The van der Waals surface area contributed by atoms with Crippen LogP contribution in [0.3, 0.4) is 0 Å². The minimum Gasteiger partial charge on any atom is -0.421 e. The summed E-state index contributed by atoms with van der Waals surface area (Å²) >= 11 is 0. The quantitative estimate of drug-likeness (QED) is 0.417. The van der Waals surface area contributed by atoms with Gasteiger partial charge in [-0.3, -0.25) is 0 Å². The van der Waals surface area contributed by atoms with Gasteiger partial charge in [0, 0.05) is 6.20 Å². The molecule has 0 aromatic carbocycles. The second kappa shape index (κ2) is 10.6. The largest absolute Gasteiger partial charge is 0.480 e. The highest BCUT2D eigenvalue weighted by atomic mass is 32.3. The van der Waals surface area contributed by atoms with Crippen molar-refractivity contribution in [3.8, 4) is 11.5 Å². The first-order valence-corrected chi connectivity index (χ1v) is 11.8. The summed E-state index contributed by atoms with van der Waals surface area (Å²) in [6.45, 7) is 6.43. The van der Waals surface area contributed by atoms with Crippen molar-refractivity contribution in [1.29, 1.82) is 0 Å². The average molecular weight is 510 g/mol. The Morgan fingerprint density at radius 3 is 1.97 bits per heavy atom. The zero-order valence-electron chi connectivity index (χ0n) is 16.8. The maximum Gasteiger partial charge on any atom is 0.480 e. The van der Waals surface area contributed by atoms with Gasteiger partial charge < -0.3 is 4.13 Å². The molecule has 0 aliphatic rings. The summed E-state index contributed by atoms with van der Waals surface area (Å²) in [5.74, 6) is 1.21. The predicted molar refractivity (Wildman–Crippen MR) is 102 cm³/mol. The van der Waals surface area contributed by atoms with Crippen LogP contribution in [0.4, 0.5) is 26.3 Å². The van der Waals surface area contributed by atoms with E-state index in [0.717, 1.165) is 22.9 Å². The summed E-state index contributed by atoms with van der Waals surface area (Å²) in [6, 6.07) is 6.07. The lowest BCUT2D eigenvalue weighted by atomic mass is 10.3. The standard InChI is InChI=1S/C14H20N3.C2F6NO4S2/c1-3-5-10-17-12-11-16(4-2)14(17)13-8-6-7-9-15-13;3-1(4,5)14(10,11)9-15(12,13)2(6,7)8/h6-9,11-12H,3-5,10H2,1-2H3;/q+1;-1. The lowest BCUT2D eigenvalue weighted by Gasteiger charge is -2.22. The van der Waals surface area contributed by atoms with E-state index in [9.17, 15) is 43.2 Å². The molecule has 0 saturated carbocycles. The third kappa shape index (κ3) is 7.16. The van der Waals surface area contributed by atoms with Crippen molar-refractivity contribution >= 4 is 20.0 Å². The number of halogens is 6. The molecule has 0 aliphatic carbocycles. The lowest BCUT2D eigenvalue weighted by Crippen LogP contribution is -2.35. The minimum absolute atomic E-state index is 0.778. The number of alkyl halides is 6. The van der Waals surface area contributed by atoms with Gasteiger partial charge in [-0.2, -0.15) is 26.3 Å². The van der Waals surface area contributed by atoms with Crippen molar-refractivity contribution in [3.63, 3.8) is 0 Å². The molecule has 0 fully saturated rings. The fourth-order valence-corrected chi connectivity index (χ4v) is 3.94. The van der Waals surface area contributed by atoms with Crippen LogP contribution in [0.25, 0.3) is 15.6 Å². The predicted octanol–water partition coefficient (Wildman–Crippen LogP) is 3.72. The van der Waals surface area contributed by atoms with Gasteiger partial charge in [-0.15, -0.1) is 0 Å². The number of imidazole rings is 1. The Hall–Kier alpha value is -2.20. The number of hydrogen-bond acceptors (Lipinski definition) is 5. The molecule has 16 heteroatoms. The minimum atomic E-state index is -6.72. The van der Waals surface area contributed by atoms with Gasteiger partial charge >= 0.3 is 16.8 Å². The van der Waals surface area contributed by atoms with E-state index in [1.807, 2.05) is 18.3 Å². The molecule has 0 amide bonds. The second-order valence-corrected chi connectivity index (χ2v) is 9.51. The van der Waals surface area contributed by atoms with E-state index < -0.39 is 31.1 Å². The normalized spacial score (nSPS) is 12.9. The molecule has 0 radical (unpaired) electrons. The van der Waals surface area contributed by atoms with Crippen LogP contribution >= 0.6 is 0 Å². The van der Waals surface area contributed by atoms with E-state index in [1.54, 1.807) is 0 Å². The molecule has 0 aliphatic heterocycles. The first-order valence-electron chi connectivity index (χ1n) is 8.94. The van der Waals surface area contributed by atoms with Crippen LogP contribution < -0.4 is 4.57 Å². The molecule has 2 aromatic rings. The molecular weight excluding hydrogens is 490 g/mol. The summed E-state index contributed by atoms with van der Waals surface area (Å²) in [6.07, 6.45) is 8.57. The Morgan fingerprint density at radius 2 is 1.56 bits per heavy atom. The number of pyridine rings is 1.